The van der Waals surface area contributed by atoms with Crippen molar-refractivity contribution in [1.82, 2.24) is 0 Å². The molecule has 0 bridgehead atoms. The maximum absolute atomic E-state index is 12.9. The van der Waals surface area contributed by atoms with Crippen molar-refractivity contribution in [2.45, 2.75) is 12.3 Å². The smallest absolute Gasteiger partial charge is 0.339 e. The third-order valence-electron chi connectivity index (χ3n) is 4.09. The third-order valence-corrected chi connectivity index (χ3v) is 4.58. The highest BCUT2D eigenvalue weighted by atomic mass is 79.9. The topological polar surface area (TPSA) is 114 Å². The van der Waals surface area contributed by atoms with Gasteiger partial charge in [0.2, 0.25) is 11.8 Å². The molecule has 1 aromatic carbocycles. The number of hydrogen-bond acceptors (Lipinski definition) is 6. The van der Waals surface area contributed by atoms with Crippen LogP contribution < -0.4 is 11.1 Å². The fraction of sp³-hybridized carbons (Fsp3) is 0.188. The average molecular weight is 390 g/mol. The maximum Gasteiger partial charge on any atom is 0.339 e. The molecule has 1 spiro atoms. The molecule has 1 amide bonds. The normalized spacial score (nSPS) is 22.0. The molecule has 0 saturated carbocycles. The number of ether oxygens (including phenoxy) is 2. The predicted octanol–water partition coefficient (Wildman–Crippen LogP) is 1.81. The molecular formula is C16H12BrN3O4. The van der Waals surface area contributed by atoms with Gasteiger partial charge in [0.05, 0.1) is 7.11 Å². The minimum absolute atomic E-state index is 0.0647. The molecule has 24 heavy (non-hydrogen) atoms. The molecule has 0 saturated heterocycles. The minimum Gasteiger partial charge on any atom is -0.466 e. The van der Waals surface area contributed by atoms with E-state index in [1.165, 1.54) is 14.0 Å². The summed E-state index contributed by atoms with van der Waals surface area (Å²) in [4.78, 5) is 25.4. The molecule has 3 N–H and O–H groups in total. The summed E-state index contributed by atoms with van der Waals surface area (Å²) in [5, 5.41) is 12.3. The van der Waals surface area contributed by atoms with Crippen molar-refractivity contribution in [3.63, 3.8) is 0 Å². The molecule has 2 aliphatic heterocycles. The lowest BCUT2D eigenvalue weighted by atomic mass is 9.68. The van der Waals surface area contributed by atoms with E-state index in [0.29, 0.717) is 15.7 Å². The van der Waals surface area contributed by atoms with E-state index in [2.05, 4.69) is 21.2 Å². The number of nitrogens with one attached hydrogen (secondary N) is 1. The summed E-state index contributed by atoms with van der Waals surface area (Å²) >= 11 is 3.35. The Bertz CT molecular complexity index is 897. The van der Waals surface area contributed by atoms with Crippen molar-refractivity contribution in [3.8, 4) is 6.07 Å². The van der Waals surface area contributed by atoms with E-state index in [4.69, 9.17) is 15.2 Å². The summed E-state index contributed by atoms with van der Waals surface area (Å²) in [6.45, 7) is 1.50. The number of fused-ring (bicyclic) bond motifs is 2. The van der Waals surface area contributed by atoms with Gasteiger partial charge in [0.15, 0.2) is 5.41 Å². The summed E-state index contributed by atoms with van der Waals surface area (Å²) in [6.07, 6.45) is 0. The molecule has 0 aromatic heterocycles. The molecule has 7 nitrogen and oxygen atoms in total. The molecule has 8 heteroatoms. The third kappa shape index (κ3) is 1.88. The van der Waals surface area contributed by atoms with Crippen LogP contribution in [-0.4, -0.2) is 19.0 Å². The van der Waals surface area contributed by atoms with Crippen molar-refractivity contribution >= 4 is 33.5 Å². The number of halogens is 1. The van der Waals surface area contributed by atoms with Gasteiger partial charge in [-0.1, -0.05) is 15.9 Å². The molecule has 0 unspecified atom stereocenters. The summed E-state index contributed by atoms with van der Waals surface area (Å²) in [5.41, 5.74) is 4.86. The Morgan fingerprint density at radius 3 is 2.83 bits per heavy atom. The van der Waals surface area contributed by atoms with Crippen LogP contribution in [0.1, 0.15) is 12.5 Å². The SMILES string of the molecule is COC(=O)C1=C(C)OC(N)=C(C#N)[C@@]12C(=O)Nc1ccc(Br)cc12. The number of nitrogens with zero attached hydrogens (tertiary/aromatic N) is 1. The average Bonchev–Trinajstić information content (AvgIpc) is 2.80. The van der Waals surface area contributed by atoms with Crippen LogP contribution >= 0.6 is 15.9 Å². The Labute approximate surface area is 145 Å². The molecule has 1 aromatic rings. The number of nitrogens with two attached hydrogens (primary N) is 1. The van der Waals surface area contributed by atoms with Gasteiger partial charge in [-0.25, -0.2) is 4.79 Å². The van der Waals surface area contributed by atoms with Gasteiger partial charge in [0.1, 0.15) is 23.0 Å². The van der Waals surface area contributed by atoms with Gasteiger partial charge in [-0.3, -0.25) is 4.79 Å². The summed E-state index contributed by atoms with van der Waals surface area (Å²) < 4.78 is 10.8. The first-order valence-corrected chi connectivity index (χ1v) is 7.66. The van der Waals surface area contributed by atoms with Crippen LogP contribution in [0.2, 0.25) is 0 Å². The molecule has 2 heterocycles. The largest absolute Gasteiger partial charge is 0.466 e. The molecule has 2 aliphatic rings. The van der Waals surface area contributed by atoms with Crippen LogP contribution in [-0.2, 0) is 24.5 Å². The zero-order chi connectivity index (χ0) is 17.6. The number of nitriles is 1. The van der Waals surface area contributed by atoms with Gasteiger partial charge >= 0.3 is 5.97 Å². The van der Waals surface area contributed by atoms with Crippen molar-refractivity contribution < 1.29 is 19.1 Å². The zero-order valence-electron chi connectivity index (χ0n) is 12.8. The van der Waals surface area contributed by atoms with Gasteiger partial charge in [0.25, 0.3) is 0 Å². The fourth-order valence-electron chi connectivity index (χ4n) is 3.15. The Balaban J connectivity index is 2.46. The molecule has 0 aliphatic carbocycles. The van der Waals surface area contributed by atoms with Crippen molar-refractivity contribution in [1.29, 1.82) is 5.26 Å². The number of rotatable bonds is 1. The molecule has 3 rings (SSSR count). The van der Waals surface area contributed by atoms with E-state index in [1.54, 1.807) is 18.2 Å². The Hall–Kier alpha value is -2.79. The highest BCUT2D eigenvalue weighted by Gasteiger charge is 2.59. The first-order valence-electron chi connectivity index (χ1n) is 6.87. The first-order chi connectivity index (χ1) is 11.4. The summed E-state index contributed by atoms with van der Waals surface area (Å²) in [6, 6.07) is 7.00. The highest BCUT2D eigenvalue weighted by Crippen LogP contribution is 2.52. The first kappa shape index (κ1) is 16.1. The summed E-state index contributed by atoms with van der Waals surface area (Å²) in [5.74, 6) is -1.43. The van der Waals surface area contributed by atoms with Gasteiger partial charge in [-0.15, -0.1) is 0 Å². The van der Waals surface area contributed by atoms with E-state index < -0.39 is 17.3 Å². The highest BCUT2D eigenvalue weighted by molar-refractivity contribution is 9.10. The standard InChI is InChI=1S/C16H12BrN3O4/c1-7-12(14(21)23-2)16(10(6-18)13(19)24-7)9-5-8(17)3-4-11(9)20-15(16)22/h3-5H,19H2,1-2H3,(H,20,22)/t16-/m1/s1. The number of allylic oxidation sites excluding steroid dienone is 1. The van der Waals surface area contributed by atoms with E-state index in [9.17, 15) is 14.9 Å². The van der Waals surface area contributed by atoms with E-state index in [0.717, 1.165) is 0 Å². The van der Waals surface area contributed by atoms with Gasteiger partial charge in [-0.2, -0.15) is 5.26 Å². The predicted molar refractivity (Wildman–Crippen MR) is 87.1 cm³/mol. The fourth-order valence-corrected chi connectivity index (χ4v) is 3.51. The number of amides is 1. The zero-order valence-corrected chi connectivity index (χ0v) is 14.4. The van der Waals surface area contributed by atoms with E-state index in [1.807, 2.05) is 6.07 Å². The van der Waals surface area contributed by atoms with Gasteiger partial charge in [0, 0.05) is 15.7 Å². The Kier molecular flexibility index (Phi) is 3.61. The lowest BCUT2D eigenvalue weighted by molar-refractivity contribution is -0.138. The number of hydrogen-bond donors (Lipinski definition) is 2. The molecule has 0 radical (unpaired) electrons. The van der Waals surface area contributed by atoms with Crippen LogP contribution in [0.25, 0.3) is 0 Å². The molecule has 0 fully saturated rings. The summed E-state index contributed by atoms with van der Waals surface area (Å²) in [7, 11) is 1.19. The monoisotopic (exact) mass is 389 g/mol. The quantitative estimate of drug-likeness (QED) is 0.707. The number of anilines is 1. The van der Waals surface area contributed by atoms with Gasteiger partial charge < -0.3 is 20.5 Å². The van der Waals surface area contributed by atoms with Crippen LogP contribution in [0.5, 0.6) is 0 Å². The Morgan fingerprint density at radius 2 is 2.21 bits per heavy atom. The van der Waals surface area contributed by atoms with Crippen LogP contribution in [0.4, 0.5) is 5.69 Å². The number of benzene rings is 1. The van der Waals surface area contributed by atoms with Gasteiger partial charge in [-0.05, 0) is 25.1 Å². The van der Waals surface area contributed by atoms with Crippen molar-refractivity contribution in [3.05, 3.63) is 51.0 Å². The van der Waals surface area contributed by atoms with Crippen molar-refractivity contribution in [2.75, 3.05) is 12.4 Å². The Morgan fingerprint density at radius 1 is 1.50 bits per heavy atom. The van der Waals surface area contributed by atoms with Crippen LogP contribution in [0.15, 0.2) is 45.5 Å². The maximum atomic E-state index is 12.9. The van der Waals surface area contributed by atoms with Crippen LogP contribution in [0, 0.1) is 11.3 Å². The second kappa shape index (κ2) is 5.39. The number of methoxy groups -OCH3 is 1. The lowest BCUT2D eigenvalue weighted by Crippen LogP contribution is -2.45. The second-order valence-corrected chi connectivity index (χ2v) is 6.19. The molecule has 122 valence electrons. The van der Waals surface area contributed by atoms with E-state index in [-0.39, 0.29) is 22.8 Å². The number of esters is 1. The van der Waals surface area contributed by atoms with E-state index >= 15 is 0 Å². The molecular weight excluding hydrogens is 378 g/mol. The second-order valence-electron chi connectivity index (χ2n) is 5.27. The number of carbonyl (C=O) groups is 2. The minimum atomic E-state index is -1.70. The van der Waals surface area contributed by atoms with Crippen molar-refractivity contribution in [2.24, 2.45) is 5.73 Å². The number of carbonyl (C=O) groups excluding carboxylic acids is 2. The molecule has 1 atom stereocenters. The lowest BCUT2D eigenvalue weighted by Gasteiger charge is -2.33. The van der Waals surface area contributed by atoms with Crippen LogP contribution in [0.3, 0.4) is 0 Å².